The van der Waals surface area contributed by atoms with E-state index in [0.29, 0.717) is 23.7 Å². The van der Waals surface area contributed by atoms with Crippen LogP contribution < -0.4 is 0 Å². The van der Waals surface area contributed by atoms with Crippen LogP contribution >= 0.6 is 0 Å². The summed E-state index contributed by atoms with van der Waals surface area (Å²) in [5.74, 6) is 0. The van der Waals surface area contributed by atoms with Gasteiger partial charge in [0.15, 0.2) is 0 Å². The highest BCUT2D eigenvalue weighted by molar-refractivity contribution is 7.55. The highest BCUT2D eigenvalue weighted by atomic mass is 32.1. The van der Waals surface area contributed by atoms with Crippen molar-refractivity contribution in [2.24, 2.45) is 13.1 Å². The summed E-state index contributed by atoms with van der Waals surface area (Å²) >= 11 is 0.476. The van der Waals surface area contributed by atoms with Crippen LogP contribution in [-0.4, -0.2) is 19.7 Å². The maximum Gasteiger partial charge on any atom is 0.205 e. The molecule has 0 aliphatic rings. The molecule has 0 fully saturated rings. The molecule has 10 heteroatoms. The van der Waals surface area contributed by atoms with Crippen LogP contribution in [0, 0.1) is 0 Å². The van der Waals surface area contributed by atoms with Crippen molar-refractivity contribution in [3.63, 3.8) is 0 Å². The van der Waals surface area contributed by atoms with Crippen LogP contribution in [0.15, 0.2) is 61.6 Å². The van der Waals surface area contributed by atoms with Gasteiger partial charge >= 0.3 is 0 Å². The van der Waals surface area contributed by atoms with Crippen LogP contribution in [0.5, 0.6) is 0 Å². The van der Waals surface area contributed by atoms with E-state index in [1.165, 1.54) is 0 Å². The van der Waals surface area contributed by atoms with Gasteiger partial charge in [-0.15, -0.1) is 0 Å². The minimum atomic E-state index is 0.130. The van der Waals surface area contributed by atoms with Gasteiger partial charge in [-0.05, 0) is 35.9 Å². The van der Waals surface area contributed by atoms with Crippen molar-refractivity contribution < 1.29 is 17.4 Å². The molecule has 126 valence electrons. The Morgan fingerprint density at radius 1 is 0.792 bits per heavy atom. The average Bonchev–Trinajstić information content (AvgIpc) is 2.58. The Bertz CT molecular complexity index is 794. The van der Waals surface area contributed by atoms with E-state index in [4.69, 9.17) is 4.74 Å². The summed E-state index contributed by atoms with van der Waals surface area (Å²) in [6.07, 6.45) is 0. The predicted octanol–water partition coefficient (Wildman–Crippen LogP) is 3.60. The summed E-state index contributed by atoms with van der Waals surface area (Å²) < 4.78 is 45.8. The third-order valence-corrected chi connectivity index (χ3v) is 3.34. The normalized spacial score (nSPS) is 9.04. The Morgan fingerprint density at radius 2 is 1.25 bits per heavy atom. The molecule has 2 rings (SSSR count). The summed E-state index contributed by atoms with van der Waals surface area (Å²) in [5.41, 5.74) is 2.74. The maximum atomic E-state index is 10.1. The summed E-state index contributed by atoms with van der Waals surface area (Å²) in [5, 5.41) is 0. The van der Waals surface area contributed by atoms with E-state index in [0.717, 1.165) is 5.56 Å². The Hall–Kier alpha value is -2.14. The van der Waals surface area contributed by atoms with Crippen LogP contribution in [0.3, 0.4) is 0 Å². The molecule has 0 bridgehead atoms. The van der Waals surface area contributed by atoms with Crippen LogP contribution in [0.25, 0.3) is 0 Å². The van der Waals surface area contributed by atoms with Gasteiger partial charge in [0.1, 0.15) is 0 Å². The molecule has 2 aromatic carbocycles. The van der Waals surface area contributed by atoms with Crippen LogP contribution in [-0.2, 0) is 45.7 Å². The summed E-state index contributed by atoms with van der Waals surface area (Å²) in [4.78, 5) is 0. The third kappa shape index (κ3) is 7.92. The van der Waals surface area contributed by atoms with Crippen LogP contribution in [0.4, 0.5) is 17.1 Å². The molecule has 0 saturated carbocycles. The van der Waals surface area contributed by atoms with E-state index < -0.39 is 0 Å². The molecule has 0 heterocycles. The van der Waals surface area contributed by atoms with Crippen LogP contribution in [0.2, 0.25) is 0 Å². The molecular weight excluding hydrogens is 370 g/mol. The van der Waals surface area contributed by atoms with Gasteiger partial charge in [-0.3, -0.25) is 0 Å². The lowest BCUT2D eigenvalue weighted by molar-refractivity contribution is 0.185. The zero-order valence-electron chi connectivity index (χ0n) is 12.5. The molecule has 0 unspecified atom stereocenters. The fourth-order valence-corrected chi connectivity index (χ4v) is 2.20. The fourth-order valence-electron chi connectivity index (χ4n) is 1.61. The second-order valence-electron chi connectivity index (χ2n) is 4.12. The molecule has 0 atom stereocenters. The Labute approximate surface area is 149 Å². The molecular formula is C14H13N3O4S3. The smallest absolute Gasteiger partial charge is 0.205 e. The molecule has 0 spiro atoms. The van der Waals surface area contributed by atoms with Crippen molar-refractivity contribution in [2.45, 2.75) is 6.61 Å². The van der Waals surface area contributed by atoms with Crippen molar-refractivity contribution >= 4 is 51.5 Å². The van der Waals surface area contributed by atoms with Crippen LogP contribution in [0.1, 0.15) is 5.56 Å². The predicted molar refractivity (Wildman–Crippen MR) is 94.3 cm³/mol. The quantitative estimate of drug-likeness (QED) is 0.788. The molecule has 7 nitrogen and oxygen atoms in total. The number of hydrogen-bond donors (Lipinski definition) is 0. The summed E-state index contributed by atoms with van der Waals surface area (Å²) in [6.45, 7) is 0.548. The van der Waals surface area contributed by atoms with Crippen molar-refractivity contribution in [1.82, 2.24) is 0 Å². The van der Waals surface area contributed by atoms with E-state index >= 15 is 0 Å². The number of hydrogen-bond acceptors (Lipinski definition) is 7. The van der Waals surface area contributed by atoms with Gasteiger partial charge in [0.2, 0.25) is 34.4 Å². The third-order valence-electron chi connectivity index (χ3n) is 2.48. The van der Waals surface area contributed by atoms with Crippen molar-refractivity contribution in [3.8, 4) is 0 Å². The van der Waals surface area contributed by atoms with Gasteiger partial charge < -0.3 is 4.74 Å². The zero-order valence-corrected chi connectivity index (χ0v) is 15.0. The molecule has 24 heavy (non-hydrogen) atoms. The number of methoxy groups -OCH3 is 1. The topological polar surface area (TPSA) is 97.5 Å². The fraction of sp³-hybridized carbons (Fsp3) is 0.143. The average molecular weight is 383 g/mol. The van der Waals surface area contributed by atoms with Crippen molar-refractivity contribution in [2.75, 3.05) is 7.11 Å². The summed E-state index contributed by atoms with van der Waals surface area (Å²) in [7, 11) is 1.63. The molecule has 0 radical (unpaired) electrons. The Balaban J connectivity index is 0.000000240. The molecule has 0 N–H and O–H groups in total. The second kappa shape index (κ2) is 12.3. The van der Waals surface area contributed by atoms with Gasteiger partial charge in [-0.25, -0.2) is 0 Å². The molecule has 0 saturated heterocycles. The zero-order chi connectivity index (χ0) is 17.6. The first-order valence-corrected chi connectivity index (χ1v) is 8.51. The van der Waals surface area contributed by atoms with Crippen molar-refractivity contribution in [1.29, 1.82) is 0 Å². The van der Waals surface area contributed by atoms with E-state index in [-0.39, 0.29) is 34.4 Å². The highest BCUT2D eigenvalue weighted by Gasteiger charge is 1.93. The van der Waals surface area contributed by atoms with Gasteiger partial charge in [0, 0.05) is 7.11 Å². The van der Waals surface area contributed by atoms with Gasteiger partial charge in [-0.2, -0.15) is 25.7 Å². The molecule has 0 amide bonds. The minimum absolute atomic E-state index is 0.130. The standard InChI is InChI=1S/C8H9NO2S.C6H4N2O2S2/c1-11-6-7-3-2-4-8(5-7)9-12-10;9-11-7-5-2-1-3-6(4-5)8-12-10/h2-5H,6H2,1H3;1-4H. The SMILES string of the molecule is COCc1cccc(N=S=O)c1.O=S=Nc1cccc(N=S=O)c1. The molecule has 0 aromatic heterocycles. The van der Waals surface area contributed by atoms with E-state index in [1.54, 1.807) is 37.4 Å². The monoisotopic (exact) mass is 383 g/mol. The van der Waals surface area contributed by atoms with Gasteiger partial charge in [0.05, 0.1) is 23.7 Å². The lowest BCUT2D eigenvalue weighted by Gasteiger charge is -1.98. The number of benzene rings is 2. The Kier molecular flexibility index (Phi) is 10.2. The number of ether oxygens (including phenoxy) is 1. The number of rotatable bonds is 5. The number of nitrogens with zero attached hydrogens (tertiary/aromatic N) is 3. The molecule has 0 aliphatic carbocycles. The maximum absolute atomic E-state index is 10.1. The summed E-state index contributed by atoms with van der Waals surface area (Å²) in [6, 6.07) is 14.0. The minimum Gasteiger partial charge on any atom is -0.380 e. The lowest BCUT2D eigenvalue weighted by atomic mass is 10.2. The first kappa shape index (κ1) is 19.9. The molecule has 2 aromatic rings. The first-order valence-electron chi connectivity index (χ1n) is 6.41. The first-order chi connectivity index (χ1) is 11.7. The van der Waals surface area contributed by atoms with E-state index in [9.17, 15) is 12.6 Å². The lowest BCUT2D eigenvalue weighted by Crippen LogP contribution is -1.85. The van der Waals surface area contributed by atoms with Gasteiger partial charge in [-0.1, -0.05) is 18.2 Å². The van der Waals surface area contributed by atoms with Gasteiger partial charge in [0.25, 0.3) is 0 Å². The van der Waals surface area contributed by atoms with E-state index in [2.05, 4.69) is 13.1 Å². The van der Waals surface area contributed by atoms with E-state index in [1.807, 2.05) is 18.2 Å². The highest BCUT2D eigenvalue weighted by Crippen LogP contribution is 2.19. The van der Waals surface area contributed by atoms with Crippen molar-refractivity contribution in [3.05, 3.63) is 54.1 Å². The second-order valence-corrected chi connectivity index (χ2v) is 5.12. The Morgan fingerprint density at radius 3 is 1.71 bits per heavy atom. The molecule has 0 aliphatic heterocycles. The largest absolute Gasteiger partial charge is 0.380 e.